The van der Waals surface area contributed by atoms with Crippen molar-refractivity contribution in [3.63, 3.8) is 0 Å². The lowest BCUT2D eigenvalue weighted by Crippen LogP contribution is -2.40. The van der Waals surface area contributed by atoms with E-state index in [1.54, 1.807) is 38.4 Å². The molecular formula is C25H27BrN2O4S. The molecule has 0 aliphatic heterocycles. The Balaban J connectivity index is 1.82. The summed E-state index contributed by atoms with van der Waals surface area (Å²) in [6.07, 6.45) is 0. The molecule has 3 rings (SSSR count). The van der Waals surface area contributed by atoms with E-state index >= 15 is 0 Å². The molecule has 6 nitrogen and oxygen atoms in total. The molecule has 0 N–H and O–H groups in total. The van der Waals surface area contributed by atoms with E-state index in [-0.39, 0.29) is 23.9 Å². The number of methoxy groups -OCH3 is 1. The summed E-state index contributed by atoms with van der Waals surface area (Å²) in [6, 6.07) is 21.5. The minimum Gasteiger partial charge on any atom is -0.497 e. The first-order chi connectivity index (χ1) is 15.7. The predicted molar refractivity (Wildman–Crippen MR) is 132 cm³/mol. The van der Waals surface area contributed by atoms with Crippen LogP contribution in [0.4, 0.5) is 0 Å². The average Bonchev–Trinajstić information content (AvgIpc) is 2.80. The fourth-order valence-corrected chi connectivity index (χ4v) is 4.89. The Kier molecular flexibility index (Phi) is 8.29. The molecule has 0 aliphatic carbocycles. The summed E-state index contributed by atoms with van der Waals surface area (Å²) in [4.78, 5) is 14.7. The standard InChI is InChI=1S/C25H27BrN2O4S/c1-19-4-14-24(15-5-19)33(30,31)28(17-21-6-10-22(26)11-7-21)18-25(29)27(2)16-20-8-12-23(32-3)13-9-20/h4-15H,16-18H2,1-3H3. The third-order valence-corrected chi connectivity index (χ3v) is 7.58. The number of rotatable bonds is 9. The normalized spacial score (nSPS) is 11.4. The van der Waals surface area contributed by atoms with Crippen LogP contribution in [-0.2, 0) is 27.9 Å². The van der Waals surface area contributed by atoms with Gasteiger partial charge in [-0.2, -0.15) is 4.31 Å². The Morgan fingerprint density at radius 1 is 0.879 bits per heavy atom. The summed E-state index contributed by atoms with van der Waals surface area (Å²) in [5.41, 5.74) is 2.68. The zero-order valence-electron chi connectivity index (χ0n) is 18.9. The number of hydrogen-bond acceptors (Lipinski definition) is 4. The van der Waals surface area contributed by atoms with Gasteiger partial charge < -0.3 is 9.64 Å². The summed E-state index contributed by atoms with van der Waals surface area (Å²) in [5, 5.41) is 0. The van der Waals surface area contributed by atoms with Crippen LogP contribution in [0.1, 0.15) is 16.7 Å². The molecule has 1 amide bonds. The van der Waals surface area contributed by atoms with E-state index in [0.29, 0.717) is 6.54 Å². The van der Waals surface area contributed by atoms with Crippen molar-refractivity contribution in [1.82, 2.24) is 9.21 Å². The van der Waals surface area contributed by atoms with Crippen LogP contribution in [0.15, 0.2) is 82.2 Å². The molecule has 8 heteroatoms. The highest BCUT2D eigenvalue weighted by atomic mass is 79.9. The van der Waals surface area contributed by atoms with E-state index in [0.717, 1.165) is 26.9 Å². The van der Waals surface area contributed by atoms with Crippen LogP contribution in [0.2, 0.25) is 0 Å². The molecule has 0 saturated carbocycles. The number of likely N-dealkylation sites (N-methyl/N-ethyl adjacent to an activating group) is 1. The van der Waals surface area contributed by atoms with Crippen molar-refractivity contribution in [2.45, 2.75) is 24.9 Å². The molecule has 174 valence electrons. The Labute approximate surface area is 204 Å². The monoisotopic (exact) mass is 530 g/mol. The van der Waals surface area contributed by atoms with Crippen LogP contribution in [0.3, 0.4) is 0 Å². The Hall–Kier alpha value is -2.68. The van der Waals surface area contributed by atoms with Gasteiger partial charge >= 0.3 is 0 Å². The number of sulfonamides is 1. The lowest BCUT2D eigenvalue weighted by molar-refractivity contribution is -0.130. The maximum absolute atomic E-state index is 13.4. The molecule has 0 bridgehead atoms. The summed E-state index contributed by atoms with van der Waals surface area (Å²) in [7, 11) is -0.613. The Morgan fingerprint density at radius 3 is 2.00 bits per heavy atom. The van der Waals surface area contributed by atoms with Crippen molar-refractivity contribution in [3.05, 3.63) is 94.0 Å². The highest BCUT2D eigenvalue weighted by Gasteiger charge is 2.28. The van der Waals surface area contributed by atoms with Gasteiger partial charge in [-0.25, -0.2) is 8.42 Å². The zero-order chi connectivity index (χ0) is 24.0. The van der Waals surface area contributed by atoms with Gasteiger partial charge in [0.2, 0.25) is 15.9 Å². The summed E-state index contributed by atoms with van der Waals surface area (Å²) in [6.45, 7) is 2.08. The molecule has 0 aliphatic rings. The largest absolute Gasteiger partial charge is 0.497 e. The highest BCUT2D eigenvalue weighted by molar-refractivity contribution is 9.10. The van der Waals surface area contributed by atoms with Gasteiger partial charge in [0.1, 0.15) is 5.75 Å². The first-order valence-electron chi connectivity index (χ1n) is 10.4. The molecule has 0 atom stereocenters. The van der Waals surface area contributed by atoms with E-state index < -0.39 is 10.0 Å². The second kappa shape index (κ2) is 11.0. The van der Waals surface area contributed by atoms with Crippen molar-refractivity contribution in [2.75, 3.05) is 20.7 Å². The van der Waals surface area contributed by atoms with Gasteiger partial charge in [-0.3, -0.25) is 4.79 Å². The van der Waals surface area contributed by atoms with Crippen molar-refractivity contribution < 1.29 is 17.9 Å². The van der Waals surface area contributed by atoms with Gasteiger partial charge in [0.05, 0.1) is 18.6 Å². The van der Waals surface area contributed by atoms with Crippen LogP contribution in [-0.4, -0.2) is 44.2 Å². The van der Waals surface area contributed by atoms with Crippen molar-refractivity contribution in [3.8, 4) is 5.75 Å². The van der Waals surface area contributed by atoms with Crippen molar-refractivity contribution in [2.24, 2.45) is 0 Å². The number of ether oxygens (including phenoxy) is 1. The maximum atomic E-state index is 13.4. The van der Waals surface area contributed by atoms with Crippen LogP contribution in [0.25, 0.3) is 0 Å². The van der Waals surface area contributed by atoms with E-state index in [1.807, 2.05) is 55.5 Å². The fourth-order valence-electron chi connectivity index (χ4n) is 3.24. The molecule has 0 unspecified atom stereocenters. The van der Waals surface area contributed by atoms with Crippen molar-refractivity contribution in [1.29, 1.82) is 0 Å². The van der Waals surface area contributed by atoms with Crippen LogP contribution >= 0.6 is 15.9 Å². The SMILES string of the molecule is COc1ccc(CN(C)C(=O)CN(Cc2ccc(Br)cc2)S(=O)(=O)c2ccc(C)cc2)cc1. The Bertz CT molecular complexity index is 1180. The first-order valence-corrected chi connectivity index (χ1v) is 12.6. The molecule has 3 aromatic carbocycles. The van der Waals surface area contributed by atoms with Crippen LogP contribution in [0, 0.1) is 6.92 Å². The van der Waals surface area contributed by atoms with Gasteiger partial charge in [0.15, 0.2) is 0 Å². The third-order valence-electron chi connectivity index (χ3n) is 5.25. The van der Waals surface area contributed by atoms with Gasteiger partial charge in [-0.15, -0.1) is 0 Å². The molecule has 0 radical (unpaired) electrons. The smallest absolute Gasteiger partial charge is 0.243 e. The molecule has 3 aromatic rings. The molecule has 0 spiro atoms. The predicted octanol–water partition coefficient (Wildman–Crippen LogP) is 4.62. The van der Waals surface area contributed by atoms with E-state index in [4.69, 9.17) is 4.74 Å². The molecule has 0 aromatic heterocycles. The van der Waals surface area contributed by atoms with Crippen LogP contribution in [0.5, 0.6) is 5.75 Å². The van der Waals surface area contributed by atoms with Gasteiger partial charge in [0, 0.05) is 24.6 Å². The summed E-state index contributed by atoms with van der Waals surface area (Å²) < 4.78 is 34.2. The average molecular weight is 531 g/mol. The van der Waals surface area contributed by atoms with Gasteiger partial charge in [-0.1, -0.05) is 57.9 Å². The third kappa shape index (κ3) is 6.66. The summed E-state index contributed by atoms with van der Waals surface area (Å²) in [5.74, 6) is 0.441. The number of hydrogen-bond donors (Lipinski definition) is 0. The minimum atomic E-state index is -3.88. The summed E-state index contributed by atoms with van der Waals surface area (Å²) >= 11 is 3.39. The van der Waals surface area contributed by atoms with Gasteiger partial charge in [-0.05, 0) is 54.4 Å². The Morgan fingerprint density at radius 2 is 1.42 bits per heavy atom. The number of carbonyl (C=O) groups excluding carboxylic acids is 1. The number of carbonyl (C=O) groups is 1. The van der Waals surface area contributed by atoms with Gasteiger partial charge in [0.25, 0.3) is 0 Å². The van der Waals surface area contributed by atoms with E-state index in [9.17, 15) is 13.2 Å². The number of aryl methyl sites for hydroxylation is 1. The molecular weight excluding hydrogens is 504 g/mol. The lowest BCUT2D eigenvalue weighted by Gasteiger charge is -2.25. The fraction of sp³-hybridized carbons (Fsp3) is 0.240. The lowest BCUT2D eigenvalue weighted by atomic mass is 10.2. The first kappa shape index (κ1) is 25.0. The van der Waals surface area contributed by atoms with Crippen LogP contribution < -0.4 is 4.74 Å². The molecule has 33 heavy (non-hydrogen) atoms. The number of nitrogens with zero attached hydrogens (tertiary/aromatic N) is 2. The minimum absolute atomic E-state index is 0.0889. The zero-order valence-corrected chi connectivity index (χ0v) is 21.3. The molecule has 0 heterocycles. The number of halogens is 1. The second-order valence-corrected chi connectivity index (χ2v) is 10.7. The number of benzene rings is 3. The van der Waals surface area contributed by atoms with E-state index in [1.165, 1.54) is 9.21 Å². The quantitative estimate of drug-likeness (QED) is 0.405. The molecule has 0 fully saturated rings. The van der Waals surface area contributed by atoms with E-state index in [2.05, 4.69) is 15.9 Å². The number of amides is 1. The highest BCUT2D eigenvalue weighted by Crippen LogP contribution is 2.21. The van der Waals surface area contributed by atoms with Crippen molar-refractivity contribution >= 4 is 31.9 Å². The maximum Gasteiger partial charge on any atom is 0.243 e. The molecule has 0 saturated heterocycles. The topological polar surface area (TPSA) is 66.9 Å². The second-order valence-electron chi connectivity index (χ2n) is 7.81.